The predicted octanol–water partition coefficient (Wildman–Crippen LogP) is 1.69. The molecule has 0 aliphatic carbocycles. The zero-order valence-electron chi connectivity index (χ0n) is 10.2. The second-order valence-electron chi connectivity index (χ2n) is 3.87. The van der Waals surface area contributed by atoms with Gasteiger partial charge in [0.1, 0.15) is 7.05 Å². The number of nitrogens with zero attached hydrogens (tertiary/aromatic N) is 1. The van der Waals surface area contributed by atoms with Crippen molar-refractivity contribution in [3.8, 4) is 5.75 Å². The fraction of sp³-hybridized carbons (Fsp3) is 0.231. The van der Waals surface area contributed by atoms with Crippen LogP contribution in [-0.4, -0.2) is 13.1 Å². The van der Waals surface area contributed by atoms with Crippen LogP contribution in [0.15, 0.2) is 30.3 Å². The van der Waals surface area contributed by atoms with Crippen LogP contribution in [0.25, 0.3) is 10.9 Å². The SMILES string of the molecule is CNC(=O)Oc1cccc2ccc(C)[n+](C)c12. The Bertz CT molecular complexity index is 579. The molecule has 0 saturated carbocycles. The molecular weight excluding hydrogens is 216 g/mol. The van der Waals surface area contributed by atoms with E-state index in [9.17, 15) is 4.79 Å². The summed E-state index contributed by atoms with van der Waals surface area (Å²) in [6.45, 7) is 2.01. The van der Waals surface area contributed by atoms with E-state index < -0.39 is 6.09 Å². The van der Waals surface area contributed by atoms with Gasteiger partial charge < -0.3 is 10.1 Å². The van der Waals surface area contributed by atoms with Gasteiger partial charge in [0.2, 0.25) is 5.75 Å². The fourth-order valence-electron chi connectivity index (χ4n) is 1.76. The predicted molar refractivity (Wildman–Crippen MR) is 64.9 cm³/mol. The molecule has 0 spiro atoms. The Balaban J connectivity index is 2.63. The van der Waals surface area contributed by atoms with E-state index in [0.717, 1.165) is 16.6 Å². The summed E-state index contributed by atoms with van der Waals surface area (Å²) in [4.78, 5) is 11.3. The number of hydrogen-bond donors (Lipinski definition) is 1. The quantitative estimate of drug-likeness (QED) is 0.759. The topological polar surface area (TPSA) is 42.2 Å². The van der Waals surface area contributed by atoms with Crippen molar-refractivity contribution >= 4 is 17.0 Å². The van der Waals surface area contributed by atoms with Gasteiger partial charge in [-0.05, 0) is 18.2 Å². The van der Waals surface area contributed by atoms with Crippen LogP contribution >= 0.6 is 0 Å². The molecule has 4 nitrogen and oxygen atoms in total. The summed E-state index contributed by atoms with van der Waals surface area (Å²) in [5.74, 6) is 0.563. The lowest BCUT2D eigenvalue weighted by atomic mass is 10.2. The van der Waals surface area contributed by atoms with Crippen LogP contribution in [0.4, 0.5) is 4.79 Å². The van der Waals surface area contributed by atoms with Gasteiger partial charge in [-0.15, -0.1) is 0 Å². The molecule has 2 rings (SSSR count). The Labute approximate surface area is 99.8 Å². The summed E-state index contributed by atoms with van der Waals surface area (Å²) in [7, 11) is 3.49. The van der Waals surface area contributed by atoms with E-state index in [1.165, 1.54) is 0 Å². The van der Waals surface area contributed by atoms with Crippen LogP contribution in [0.1, 0.15) is 5.69 Å². The van der Waals surface area contributed by atoms with Gasteiger partial charge in [0.05, 0.1) is 5.39 Å². The van der Waals surface area contributed by atoms with Crippen molar-refractivity contribution in [1.82, 2.24) is 5.32 Å². The van der Waals surface area contributed by atoms with Gasteiger partial charge in [-0.3, -0.25) is 0 Å². The maximum absolute atomic E-state index is 11.3. The zero-order valence-corrected chi connectivity index (χ0v) is 10.2. The molecule has 1 aromatic heterocycles. The first-order chi connectivity index (χ1) is 8.13. The first-order valence-electron chi connectivity index (χ1n) is 5.41. The van der Waals surface area contributed by atoms with Gasteiger partial charge in [0.25, 0.3) is 5.52 Å². The summed E-state index contributed by atoms with van der Waals surface area (Å²) in [6, 6.07) is 9.70. The van der Waals surface area contributed by atoms with Gasteiger partial charge in [-0.2, -0.15) is 4.57 Å². The molecule has 0 atom stereocenters. The third-order valence-corrected chi connectivity index (χ3v) is 2.81. The van der Waals surface area contributed by atoms with Crippen LogP contribution in [0.3, 0.4) is 0 Å². The molecule has 1 N–H and O–H groups in total. The van der Waals surface area contributed by atoms with E-state index in [1.54, 1.807) is 13.1 Å². The van der Waals surface area contributed by atoms with E-state index in [1.807, 2.05) is 42.8 Å². The third-order valence-electron chi connectivity index (χ3n) is 2.81. The first kappa shape index (κ1) is 11.4. The summed E-state index contributed by atoms with van der Waals surface area (Å²) in [6.07, 6.45) is -0.459. The number of carbonyl (C=O) groups is 1. The van der Waals surface area contributed by atoms with E-state index in [-0.39, 0.29) is 0 Å². The average molecular weight is 231 g/mol. The molecule has 0 unspecified atom stereocenters. The van der Waals surface area contributed by atoms with Crippen molar-refractivity contribution in [3.05, 3.63) is 36.0 Å². The number of pyridine rings is 1. The number of ether oxygens (including phenoxy) is 1. The fourth-order valence-corrected chi connectivity index (χ4v) is 1.76. The normalized spacial score (nSPS) is 10.3. The van der Waals surface area contributed by atoms with Crippen molar-refractivity contribution in [1.29, 1.82) is 0 Å². The van der Waals surface area contributed by atoms with Crippen LogP contribution in [-0.2, 0) is 7.05 Å². The van der Waals surface area contributed by atoms with Crippen LogP contribution in [0.2, 0.25) is 0 Å². The second kappa shape index (κ2) is 4.41. The highest BCUT2D eigenvalue weighted by Crippen LogP contribution is 2.22. The summed E-state index contributed by atoms with van der Waals surface area (Å²) in [5, 5.41) is 3.48. The number of carbonyl (C=O) groups excluding carboxylic acids is 1. The maximum Gasteiger partial charge on any atom is 0.412 e. The van der Waals surface area contributed by atoms with Crippen LogP contribution < -0.4 is 14.6 Å². The largest absolute Gasteiger partial charge is 0.412 e. The van der Waals surface area contributed by atoms with Crippen molar-refractivity contribution < 1.29 is 14.1 Å². The number of aryl methyl sites for hydroxylation is 2. The van der Waals surface area contributed by atoms with E-state index in [4.69, 9.17) is 4.74 Å². The number of fused-ring (bicyclic) bond motifs is 1. The minimum Gasteiger partial charge on any atom is -0.403 e. The third kappa shape index (κ3) is 2.06. The molecule has 1 aromatic carbocycles. The van der Waals surface area contributed by atoms with Crippen LogP contribution in [0, 0.1) is 6.92 Å². The Hall–Kier alpha value is -2.10. The molecule has 4 heteroatoms. The first-order valence-corrected chi connectivity index (χ1v) is 5.41. The molecule has 1 heterocycles. The van der Waals surface area contributed by atoms with Crippen molar-refractivity contribution in [2.75, 3.05) is 7.05 Å². The van der Waals surface area contributed by atoms with Crippen molar-refractivity contribution in [2.45, 2.75) is 6.92 Å². The highest BCUT2D eigenvalue weighted by molar-refractivity contribution is 5.84. The minimum atomic E-state index is -0.459. The van der Waals surface area contributed by atoms with Crippen molar-refractivity contribution in [2.24, 2.45) is 7.05 Å². The highest BCUT2D eigenvalue weighted by atomic mass is 16.6. The molecule has 0 fully saturated rings. The van der Waals surface area contributed by atoms with Crippen molar-refractivity contribution in [3.63, 3.8) is 0 Å². The lowest BCUT2D eigenvalue weighted by molar-refractivity contribution is -0.651. The van der Waals surface area contributed by atoms with Gasteiger partial charge >= 0.3 is 6.09 Å². The number of aromatic nitrogens is 1. The lowest BCUT2D eigenvalue weighted by Gasteiger charge is -2.06. The minimum absolute atomic E-state index is 0.459. The summed E-state index contributed by atoms with van der Waals surface area (Å²) >= 11 is 0. The van der Waals surface area contributed by atoms with E-state index in [0.29, 0.717) is 5.75 Å². The molecule has 0 aliphatic rings. The molecular formula is C13H15N2O2+. The molecule has 0 bridgehead atoms. The van der Waals surface area contributed by atoms with Gasteiger partial charge in [0, 0.05) is 20.0 Å². The monoisotopic (exact) mass is 231 g/mol. The number of hydrogen-bond acceptors (Lipinski definition) is 2. The summed E-state index contributed by atoms with van der Waals surface area (Å²) in [5.41, 5.74) is 2.02. The maximum atomic E-state index is 11.3. The lowest BCUT2D eigenvalue weighted by Crippen LogP contribution is -2.33. The van der Waals surface area contributed by atoms with Crippen LogP contribution in [0.5, 0.6) is 5.75 Å². The second-order valence-corrected chi connectivity index (χ2v) is 3.87. The number of nitrogens with one attached hydrogen (secondary N) is 1. The van der Waals surface area contributed by atoms with Gasteiger partial charge in [-0.25, -0.2) is 4.79 Å². The van der Waals surface area contributed by atoms with E-state index in [2.05, 4.69) is 5.32 Å². The Kier molecular flexibility index (Phi) is 2.95. The Morgan fingerprint density at radius 2 is 2.06 bits per heavy atom. The Morgan fingerprint density at radius 3 is 2.76 bits per heavy atom. The molecule has 0 radical (unpaired) electrons. The molecule has 88 valence electrons. The molecule has 0 aliphatic heterocycles. The number of para-hydroxylation sites is 1. The van der Waals surface area contributed by atoms with Gasteiger partial charge in [0.15, 0.2) is 5.69 Å². The Morgan fingerprint density at radius 1 is 1.29 bits per heavy atom. The molecule has 2 aromatic rings. The molecule has 0 saturated heterocycles. The highest BCUT2D eigenvalue weighted by Gasteiger charge is 2.16. The standard InChI is InChI=1S/C13H14N2O2/c1-9-7-8-10-5-4-6-11(12(10)15(9)3)17-13(16)14-2/h4-8H,1-3H3/p+1. The smallest absolute Gasteiger partial charge is 0.403 e. The number of rotatable bonds is 1. The number of amides is 1. The molecule has 1 amide bonds. The summed E-state index contributed by atoms with van der Waals surface area (Å²) < 4.78 is 7.25. The van der Waals surface area contributed by atoms with E-state index >= 15 is 0 Å². The molecule has 17 heavy (non-hydrogen) atoms. The zero-order chi connectivity index (χ0) is 12.4. The van der Waals surface area contributed by atoms with Gasteiger partial charge in [-0.1, -0.05) is 6.07 Å². The number of benzene rings is 1. The average Bonchev–Trinajstić information content (AvgIpc) is 2.34.